The van der Waals surface area contributed by atoms with Crippen LogP contribution < -0.4 is 11.1 Å². The fourth-order valence-electron chi connectivity index (χ4n) is 3.11. The summed E-state index contributed by atoms with van der Waals surface area (Å²) in [6.45, 7) is -0.380. The first-order valence-corrected chi connectivity index (χ1v) is 6.55. The molecule has 1 aromatic carbocycles. The second-order valence-corrected chi connectivity index (χ2v) is 5.20. The van der Waals surface area contributed by atoms with Gasteiger partial charge in [0.05, 0.1) is 0 Å². The lowest BCUT2D eigenvalue weighted by molar-refractivity contribution is -0.135. The molecule has 1 aliphatic carbocycles. The highest BCUT2D eigenvalue weighted by molar-refractivity contribution is 6.09. The molecule has 0 aromatic heterocycles. The summed E-state index contributed by atoms with van der Waals surface area (Å²) in [6.07, 6.45) is 2.24. The summed E-state index contributed by atoms with van der Waals surface area (Å²) in [6, 6.07) is 7.04. The first kappa shape index (κ1) is 12.7. The summed E-state index contributed by atoms with van der Waals surface area (Å²) in [5.74, 6) is -1.08. The number of hydrogen-bond donors (Lipinski definition) is 2. The zero-order valence-electron chi connectivity index (χ0n) is 10.9. The molecule has 1 fully saturated rings. The zero-order chi connectivity index (χ0) is 14.3. The number of fused-ring (bicyclic) bond motifs is 2. The minimum absolute atomic E-state index is 0.380. The average molecular weight is 273 g/mol. The molecule has 20 heavy (non-hydrogen) atoms. The average Bonchev–Trinajstić information content (AvgIpc) is 2.64. The number of nitrogens with zero attached hydrogens (tertiary/aromatic N) is 1. The van der Waals surface area contributed by atoms with Crippen LogP contribution in [0.3, 0.4) is 0 Å². The van der Waals surface area contributed by atoms with Gasteiger partial charge in [0.25, 0.3) is 5.91 Å². The van der Waals surface area contributed by atoms with Crippen LogP contribution in [0.4, 0.5) is 4.79 Å². The molecule has 104 valence electrons. The number of aryl methyl sites for hydroxylation is 1. The Balaban J connectivity index is 2.05. The van der Waals surface area contributed by atoms with Gasteiger partial charge in [0.1, 0.15) is 12.1 Å². The summed E-state index contributed by atoms with van der Waals surface area (Å²) >= 11 is 0. The fourth-order valence-corrected chi connectivity index (χ4v) is 3.11. The molecular weight excluding hydrogens is 258 g/mol. The highest BCUT2D eigenvalue weighted by atomic mass is 16.2. The van der Waals surface area contributed by atoms with Crippen molar-refractivity contribution in [1.82, 2.24) is 10.2 Å². The summed E-state index contributed by atoms with van der Waals surface area (Å²) in [7, 11) is 0. The third-order valence-electron chi connectivity index (χ3n) is 3.96. The minimum Gasteiger partial charge on any atom is -0.368 e. The molecule has 6 nitrogen and oxygen atoms in total. The maximum absolute atomic E-state index is 12.6. The largest absolute Gasteiger partial charge is 0.368 e. The predicted molar refractivity (Wildman–Crippen MR) is 70.5 cm³/mol. The van der Waals surface area contributed by atoms with E-state index >= 15 is 0 Å². The Morgan fingerprint density at radius 2 is 2.10 bits per heavy atom. The van der Waals surface area contributed by atoms with Crippen LogP contribution >= 0.6 is 0 Å². The maximum Gasteiger partial charge on any atom is 0.325 e. The number of hydrogen-bond acceptors (Lipinski definition) is 3. The van der Waals surface area contributed by atoms with Gasteiger partial charge in [0, 0.05) is 0 Å². The number of urea groups is 1. The van der Waals surface area contributed by atoms with E-state index < -0.39 is 17.5 Å². The SMILES string of the molecule is NC(=O)CN1C(=O)N[C@@]2(CCCc3ccccc32)C1=O. The molecule has 1 aromatic rings. The van der Waals surface area contributed by atoms with Crippen molar-refractivity contribution in [2.75, 3.05) is 6.54 Å². The highest BCUT2D eigenvalue weighted by Crippen LogP contribution is 2.39. The van der Waals surface area contributed by atoms with Gasteiger partial charge in [-0.2, -0.15) is 0 Å². The van der Waals surface area contributed by atoms with Gasteiger partial charge in [-0.3, -0.25) is 14.5 Å². The molecule has 1 saturated heterocycles. The summed E-state index contributed by atoms with van der Waals surface area (Å²) in [5.41, 5.74) is 5.96. The molecule has 0 saturated carbocycles. The van der Waals surface area contributed by atoms with E-state index in [-0.39, 0.29) is 12.5 Å². The van der Waals surface area contributed by atoms with Crippen LogP contribution in [-0.2, 0) is 21.5 Å². The highest BCUT2D eigenvalue weighted by Gasteiger charge is 2.54. The lowest BCUT2D eigenvalue weighted by atomic mass is 9.76. The van der Waals surface area contributed by atoms with Crippen molar-refractivity contribution in [1.29, 1.82) is 0 Å². The number of rotatable bonds is 2. The first-order chi connectivity index (χ1) is 9.54. The van der Waals surface area contributed by atoms with E-state index in [0.29, 0.717) is 6.42 Å². The van der Waals surface area contributed by atoms with Crippen molar-refractivity contribution >= 4 is 17.8 Å². The Kier molecular flexibility index (Phi) is 2.74. The molecule has 3 rings (SSSR count). The van der Waals surface area contributed by atoms with Crippen LogP contribution in [0, 0.1) is 0 Å². The number of carbonyl (C=O) groups is 3. The maximum atomic E-state index is 12.6. The smallest absolute Gasteiger partial charge is 0.325 e. The molecule has 3 N–H and O–H groups in total. The van der Waals surface area contributed by atoms with Crippen LogP contribution in [0.5, 0.6) is 0 Å². The summed E-state index contributed by atoms with van der Waals surface area (Å²) in [5, 5.41) is 2.76. The lowest BCUT2D eigenvalue weighted by Gasteiger charge is -2.33. The Hall–Kier alpha value is -2.37. The molecule has 1 heterocycles. The summed E-state index contributed by atoms with van der Waals surface area (Å²) in [4.78, 5) is 36.5. The van der Waals surface area contributed by atoms with Crippen LogP contribution in [0.25, 0.3) is 0 Å². The Bertz CT molecular complexity index is 613. The molecule has 1 aliphatic heterocycles. The molecule has 2 aliphatic rings. The van der Waals surface area contributed by atoms with E-state index in [2.05, 4.69) is 5.32 Å². The minimum atomic E-state index is -1.03. The monoisotopic (exact) mass is 273 g/mol. The van der Waals surface area contributed by atoms with Crippen molar-refractivity contribution in [3.05, 3.63) is 35.4 Å². The number of benzene rings is 1. The van der Waals surface area contributed by atoms with E-state index in [0.717, 1.165) is 28.9 Å². The van der Waals surface area contributed by atoms with Gasteiger partial charge in [-0.15, -0.1) is 0 Å². The number of primary amides is 1. The Labute approximate surface area is 115 Å². The van der Waals surface area contributed by atoms with Gasteiger partial charge in [-0.05, 0) is 30.4 Å². The van der Waals surface area contributed by atoms with Crippen molar-refractivity contribution < 1.29 is 14.4 Å². The third kappa shape index (κ3) is 1.68. The van der Waals surface area contributed by atoms with Crippen LogP contribution in [0.2, 0.25) is 0 Å². The second kappa shape index (κ2) is 4.33. The van der Waals surface area contributed by atoms with E-state index in [1.54, 1.807) is 0 Å². The molecule has 6 heteroatoms. The number of nitrogens with two attached hydrogens (primary N) is 1. The molecule has 4 amide bonds. The van der Waals surface area contributed by atoms with Crippen molar-refractivity contribution in [2.24, 2.45) is 5.73 Å². The van der Waals surface area contributed by atoms with E-state index in [4.69, 9.17) is 5.73 Å². The van der Waals surface area contributed by atoms with Gasteiger partial charge >= 0.3 is 6.03 Å². The lowest BCUT2D eigenvalue weighted by Crippen LogP contribution is -2.47. The predicted octanol–water partition coefficient (Wildman–Crippen LogP) is 0.255. The van der Waals surface area contributed by atoms with Crippen LogP contribution in [0.15, 0.2) is 24.3 Å². The molecule has 0 bridgehead atoms. The quantitative estimate of drug-likeness (QED) is 0.757. The van der Waals surface area contributed by atoms with E-state index in [1.807, 2.05) is 24.3 Å². The van der Waals surface area contributed by atoms with E-state index in [9.17, 15) is 14.4 Å². The zero-order valence-corrected chi connectivity index (χ0v) is 10.9. The number of carbonyl (C=O) groups excluding carboxylic acids is 3. The van der Waals surface area contributed by atoms with Crippen molar-refractivity contribution in [2.45, 2.75) is 24.8 Å². The molecule has 0 unspecified atom stereocenters. The molecular formula is C14H15N3O3. The van der Waals surface area contributed by atoms with Crippen molar-refractivity contribution in [3.63, 3.8) is 0 Å². The normalized spacial score (nSPS) is 24.7. The third-order valence-corrected chi connectivity index (χ3v) is 3.96. The van der Waals surface area contributed by atoms with Crippen molar-refractivity contribution in [3.8, 4) is 0 Å². The number of imide groups is 1. The fraction of sp³-hybridized carbons (Fsp3) is 0.357. The summed E-state index contributed by atoms with van der Waals surface area (Å²) < 4.78 is 0. The topological polar surface area (TPSA) is 92.5 Å². The van der Waals surface area contributed by atoms with Gasteiger partial charge in [-0.1, -0.05) is 24.3 Å². The Morgan fingerprint density at radius 3 is 2.85 bits per heavy atom. The van der Waals surface area contributed by atoms with Gasteiger partial charge in [-0.25, -0.2) is 4.79 Å². The molecule has 1 atom stereocenters. The number of nitrogens with one attached hydrogen (secondary N) is 1. The van der Waals surface area contributed by atoms with Gasteiger partial charge in [0.15, 0.2) is 0 Å². The second-order valence-electron chi connectivity index (χ2n) is 5.20. The van der Waals surface area contributed by atoms with Gasteiger partial charge < -0.3 is 11.1 Å². The van der Waals surface area contributed by atoms with E-state index in [1.165, 1.54) is 0 Å². The van der Waals surface area contributed by atoms with Crippen LogP contribution in [-0.4, -0.2) is 29.3 Å². The first-order valence-electron chi connectivity index (χ1n) is 6.55. The van der Waals surface area contributed by atoms with Gasteiger partial charge in [0.2, 0.25) is 5.91 Å². The molecule has 0 radical (unpaired) electrons. The molecule has 1 spiro atoms. The van der Waals surface area contributed by atoms with Crippen LogP contribution in [0.1, 0.15) is 24.0 Å². The standard InChI is InChI=1S/C14H15N3O3/c15-11(18)8-17-12(19)14(16-13(17)20)7-3-5-9-4-1-2-6-10(9)14/h1-2,4,6H,3,5,7-8H2,(H2,15,18)(H,16,20)/t14-/m1/s1. The number of amides is 4. The Morgan fingerprint density at radius 1 is 1.35 bits per heavy atom.